The lowest BCUT2D eigenvalue weighted by Crippen LogP contribution is -2.19. The number of fused-ring (bicyclic) bond motifs is 2. The van der Waals surface area contributed by atoms with Gasteiger partial charge in [-0.3, -0.25) is 0 Å². The highest BCUT2D eigenvalue weighted by Crippen LogP contribution is 2.54. The summed E-state index contributed by atoms with van der Waals surface area (Å²) in [6, 6.07) is 0. The minimum Gasteiger partial charge on any atom is -0.449 e. The van der Waals surface area contributed by atoms with Gasteiger partial charge in [0.1, 0.15) is 5.76 Å². The first-order valence-corrected chi connectivity index (χ1v) is 5.55. The van der Waals surface area contributed by atoms with Gasteiger partial charge in [-0.05, 0) is 36.2 Å². The van der Waals surface area contributed by atoms with Crippen molar-refractivity contribution in [3.8, 4) is 0 Å². The Morgan fingerprint density at radius 1 is 1.33 bits per heavy atom. The number of carboxylic acid groups (broad SMARTS) is 1. The van der Waals surface area contributed by atoms with Crippen molar-refractivity contribution < 1.29 is 14.6 Å². The predicted octanol–water partition coefficient (Wildman–Crippen LogP) is 3.41. The average Bonchev–Trinajstić information content (AvgIpc) is 2.59. The molecule has 3 heteroatoms. The van der Waals surface area contributed by atoms with Crippen LogP contribution in [-0.2, 0) is 4.74 Å². The van der Waals surface area contributed by atoms with Gasteiger partial charge in [0, 0.05) is 5.92 Å². The molecule has 0 amide bonds. The molecule has 0 radical (unpaired) electrons. The second kappa shape index (κ2) is 3.26. The van der Waals surface area contributed by atoms with Crippen LogP contribution in [-0.4, -0.2) is 11.3 Å². The van der Waals surface area contributed by atoms with E-state index in [0.29, 0.717) is 11.8 Å². The van der Waals surface area contributed by atoms with Gasteiger partial charge >= 0.3 is 6.16 Å². The van der Waals surface area contributed by atoms with Crippen molar-refractivity contribution >= 4 is 6.16 Å². The first kappa shape index (κ1) is 10.5. The molecule has 0 heterocycles. The van der Waals surface area contributed by atoms with Gasteiger partial charge in [0.25, 0.3) is 0 Å². The molecule has 0 aromatic rings. The van der Waals surface area contributed by atoms with Crippen LogP contribution in [0.3, 0.4) is 0 Å². The van der Waals surface area contributed by atoms with Crippen molar-refractivity contribution in [2.24, 2.45) is 17.3 Å². The van der Waals surface area contributed by atoms with E-state index in [1.807, 2.05) is 0 Å². The Balaban J connectivity index is 2.35. The minimum atomic E-state index is -1.17. The fraction of sp³-hybridized carbons (Fsp3) is 0.750. The maximum Gasteiger partial charge on any atom is 0.511 e. The summed E-state index contributed by atoms with van der Waals surface area (Å²) >= 11 is 0. The standard InChI is InChI=1S/C12H18O3/c1-12(2,3)9-7-4-5-8(6-7)10(9)15-11(13)14/h7-8H,4-6H2,1-3H3,(H,13,14). The molecular weight excluding hydrogens is 192 g/mol. The Kier molecular flexibility index (Phi) is 2.28. The molecule has 84 valence electrons. The Bertz CT molecular complexity index is 322. The van der Waals surface area contributed by atoms with Crippen LogP contribution in [0.2, 0.25) is 0 Å². The Hall–Kier alpha value is -0.990. The van der Waals surface area contributed by atoms with Gasteiger partial charge < -0.3 is 9.84 Å². The second-order valence-electron chi connectivity index (χ2n) is 5.60. The van der Waals surface area contributed by atoms with Gasteiger partial charge in [-0.2, -0.15) is 0 Å². The van der Waals surface area contributed by atoms with E-state index in [4.69, 9.17) is 9.84 Å². The first-order valence-electron chi connectivity index (χ1n) is 5.55. The fourth-order valence-electron chi connectivity index (χ4n) is 3.12. The number of carbonyl (C=O) groups is 1. The largest absolute Gasteiger partial charge is 0.511 e. The number of hydrogen-bond donors (Lipinski definition) is 1. The van der Waals surface area contributed by atoms with Crippen LogP contribution in [0, 0.1) is 17.3 Å². The molecule has 2 rings (SSSR count). The first-order chi connectivity index (χ1) is 6.89. The van der Waals surface area contributed by atoms with Crippen LogP contribution < -0.4 is 0 Å². The molecule has 0 aliphatic heterocycles. The number of rotatable bonds is 1. The van der Waals surface area contributed by atoms with Crippen molar-refractivity contribution in [1.82, 2.24) is 0 Å². The lowest BCUT2D eigenvalue weighted by molar-refractivity contribution is 0.108. The number of hydrogen-bond acceptors (Lipinski definition) is 2. The van der Waals surface area contributed by atoms with Gasteiger partial charge in [0.15, 0.2) is 0 Å². The minimum absolute atomic E-state index is 0.0324. The molecule has 0 spiro atoms. The number of ether oxygens (including phenoxy) is 1. The van der Waals surface area contributed by atoms with Gasteiger partial charge in [0.2, 0.25) is 0 Å². The predicted molar refractivity (Wildman–Crippen MR) is 56.4 cm³/mol. The molecule has 2 bridgehead atoms. The highest BCUT2D eigenvalue weighted by atomic mass is 16.7. The zero-order valence-corrected chi connectivity index (χ0v) is 9.54. The summed E-state index contributed by atoms with van der Waals surface area (Å²) in [5.74, 6) is 1.68. The SMILES string of the molecule is CC(C)(C)C1=C(OC(=O)O)C2CCC1C2. The highest BCUT2D eigenvalue weighted by Gasteiger charge is 2.45. The van der Waals surface area contributed by atoms with Crippen molar-refractivity contribution in [3.63, 3.8) is 0 Å². The Morgan fingerprint density at radius 2 is 1.93 bits per heavy atom. The van der Waals surface area contributed by atoms with Crippen LogP contribution in [0.25, 0.3) is 0 Å². The molecule has 3 nitrogen and oxygen atoms in total. The van der Waals surface area contributed by atoms with E-state index in [1.54, 1.807) is 0 Å². The maximum atomic E-state index is 10.6. The monoisotopic (exact) mass is 210 g/mol. The molecule has 1 fully saturated rings. The second-order valence-corrected chi connectivity index (χ2v) is 5.60. The molecule has 0 saturated heterocycles. The third-order valence-electron chi connectivity index (χ3n) is 3.48. The van der Waals surface area contributed by atoms with E-state index in [9.17, 15) is 4.79 Å². The number of allylic oxidation sites excluding steroid dienone is 2. The summed E-state index contributed by atoms with van der Waals surface area (Å²) in [6.45, 7) is 6.40. The van der Waals surface area contributed by atoms with Gasteiger partial charge in [-0.1, -0.05) is 20.8 Å². The normalized spacial score (nSPS) is 29.8. The molecule has 2 unspecified atom stereocenters. The molecule has 15 heavy (non-hydrogen) atoms. The lowest BCUT2D eigenvalue weighted by Gasteiger charge is -2.29. The van der Waals surface area contributed by atoms with Crippen molar-refractivity contribution in [3.05, 3.63) is 11.3 Å². The summed E-state index contributed by atoms with van der Waals surface area (Å²) in [5, 5.41) is 8.73. The van der Waals surface area contributed by atoms with Gasteiger partial charge in [-0.15, -0.1) is 0 Å². The quantitative estimate of drug-likeness (QED) is 0.674. The summed E-state index contributed by atoms with van der Waals surface area (Å²) in [5.41, 5.74) is 1.27. The van der Waals surface area contributed by atoms with Crippen LogP contribution in [0.4, 0.5) is 4.79 Å². The van der Waals surface area contributed by atoms with Crippen molar-refractivity contribution in [1.29, 1.82) is 0 Å². The van der Waals surface area contributed by atoms with Gasteiger partial charge in [-0.25, -0.2) is 4.79 Å². The van der Waals surface area contributed by atoms with Crippen molar-refractivity contribution in [2.75, 3.05) is 0 Å². The van der Waals surface area contributed by atoms with Crippen LogP contribution in [0.1, 0.15) is 40.0 Å². The Labute approximate surface area is 90.1 Å². The summed E-state index contributed by atoms with van der Waals surface area (Å²) in [6.07, 6.45) is 2.21. The molecule has 1 N–H and O–H groups in total. The smallest absolute Gasteiger partial charge is 0.449 e. The average molecular weight is 210 g/mol. The van der Waals surface area contributed by atoms with Crippen LogP contribution in [0.15, 0.2) is 11.3 Å². The molecule has 1 saturated carbocycles. The van der Waals surface area contributed by atoms with Gasteiger partial charge in [0.05, 0.1) is 0 Å². The fourth-order valence-corrected chi connectivity index (χ4v) is 3.12. The molecule has 2 aliphatic rings. The van der Waals surface area contributed by atoms with E-state index in [-0.39, 0.29) is 5.41 Å². The summed E-state index contributed by atoms with van der Waals surface area (Å²) in [7, 11) is 0. The molecule has 0 aromatic carbocycles. The van der Waals surface area contributed by atoms with E-state index >= 15 is 0 Å². The zero-order valence-electron chi connectivity index (χ0n) is 9.54. The third-order valence-corrected chi connectivity index (χ3v) is 3.48. The van der Waals surface area contributed by atoms with Crippen LogP contribution >= 0.6 is 0 Å². The summed E-state index contributed by atoms with van der Waals surface area (Å²) in [4.78, 5) is 10.6. The molecule has 2 atom stereocenters. The van der Waals surface area contributed by atoms with E-state index in [0.717, 1.165) is 18.6 Å². The molecule has 0 aromatic heterocycles. The maximum absolute atomic E-state index is 10.6. The van der Waals surface area contributed by atoms with E-state index in [1.165, 1.54) is 12.0 Å². The highest BCUT2D eigenvalue weighted by molar-refractivity contribution is 5.59. The van der Waals surface area contributed by atoms with E-state index < -0.39 is 6.16 Å². The summed E-state index contributed by atoms with van der Waals surface area (Å²) < 4.78 is 4.98. The molecule has 2 aliphatic carbocycles. The van der Waals surface area contributed by atoms with Crippen LogP contribution in [0.5, 0.6) is 0 Å². The molecular formula is C12H18O3. The topological polar surface area (TPSA) is 46.5 Å². The zero-order chi connectivity index (χ0) is 11.2. The van der Waals surface area contributed by atoms with Crippen molar-refractivity contribution in [2.45, 2.75) is 40.0 Å². The Morgan fingerprint density at radius 3 is 2.47 bits per heavy atom. The van der Waals surface area contributed by atoms with E-state index in [2.05, 4.69) is 20.8 Å². The third kappa shape index (κ3) is 1.75. The lowest BCUT2D eigenvalue weighted by atomic mass is 9.78.